The Labute approximate surface area is 110 Å². The van der Waals surface area contributed by atoms with Gasteiger partial charge in [0.1, 0.15) is 6.61 Å². The minimum absolute atomic E-state index is 0.000872. The summed E-state index contributed by atoms with van der Waals surface area (Å²) in [5, 5.41) is 0.154. The van der Waals surface area contributed by atoms with E-state index in [0.717, 1.165) is 6.07 Å². The lowest BCUT2D eigenvalue weighted by Gasteiger charge is -2.09. The molecule has 0 fully saturated rings. The smallest absolute Gasteiger partial charge is 0.165 e. The van der Waals surface area contributed by atoms with Gasteiger partial charge in [-0.15, -0.1) is 0 Å². The van der Waals surface area contributed by atoms with Crippen LogP contribution in [0, 0.1) is 5.82 Å². The molecule has 6 heteroatoms. The highest BCUT2D eigenvalue weighted by Gasteiger charge is 2.09. The molecule has 18 heavy (non-hydrogen) atoms. The van der Waals surface area contributed by atoms with Gasteiger partial charge in [-0.1, -0.05) is 11.6 Å². The van der Waals surface area contributed by atoms with Crippen molar-refractivity contribution in [2.24, 2.45) is 0 Å². The summed E-state index contributed by atoms with van der Waals surface area (Å²) in [5.41, 5.74) is 0.0952. The van der Waals surface area contributed by atoms with Crippen LogP contribution < -0.4 is 4.74 Å². The second kappa shape index (κ2) is 8.02. The van der Waals surface area contributed by atoms with Gasteiger partial charge in [0.05, 0.1) is 24.8 Å². The van der Waals surface area contributed by atoms with Crippen LogP contribution in [0.5, 0.6) is 5.75 Å². The van der Waals surface area contributed by atoms with Gasteiger partial charge in [-0.2, -0.15) is 0 Å². The van der Waals surface area contributed by atoms with Crippen molar-refractivity contribution in [3.05, 3.63) is 28.5 Å². The molecule has 0 aliphatic carbocycles. The average molecular weight is 277 g/mol. The first-order chi connectivity index (χ1) is 8.69. The molecule has 0 bridgehead atoms. The number of hydrogen-bond donors (Lipinski definition) is 0. The van der Waals surface area contributed by atoms with Gasteiger partial charge < -0.3 is 14.2 Å². The van der Waals surface area contributed by atoms with Crippen molar-refractivity contribution in [3.8, 4) is 5.75 Å². The fourth-order valence-electron chi connectivity index (χ4n) is 1.20. The van der Waals surface area contributed by atoms with Crippen LogP contribution in [0.4, 0.5) is 4.39 Å². The number of carbonyl (C=O) groups excluding carboxylic acids is 1. The van der Waals surface area contributed by atoms with E-state index in [1.165, 1.54) is 6.07 Å². The quantitative estimate of drug-likeness (QED) is 0.540. The third kappa shape index (κ3) is 4.60. The fraction of sp³-hybridized carbons (Fsp3) is 0.417. The number of ether oxygens (including phenoxy) is 3. The Morgan fingerprint density at radius 2 is 2.00 bits per heavy atom. The minimum atomic E-state index is -0.626. The highest BCUT2D eigenvalue weighted by Crippen LogP contribution is 2.25. The Balaban J connectivity index is 2.43. The number of methoxy groups -OCH3 is 1. The summed E-state index contributed by atoms with van der Waals surface area (Å²) >= 11 is 5.76. The van der Waals surface area contributed by atoms with Crippen LogP contribution in [-0.4, -0.2) is 39.8 Å². The van der Waals surface area contributed by atoms with Gasteiger partial charge in [0, 0.05) is 18.7 Å². The van der Waals surface area contributed by atoms with E-state index in [2.05, 4.69) is 0 Å². The number of carbonyl (C=O) groups is 1. The number of aldehydes is 1. The second-order valence-electron chi connectivity index (χ2n) is 3.38. The minimum Gasteiger partial charge on any atom is -0.488 e. The van der Waals surface area contributed by atoms with Crippen molar-refractivity contribution in [1.82, 2.24) is 0 Å². The molecule has 1 rings (SSSR count). The zero-order valence-electron chi connectivity index (χ0n) is 9.95. The molecule has 0 saturated carbocycles. The third-order valence-electron chi connectivity index (χ3n) is 2.10. The van der Waals surface area contributed by atoms with Crippen LogP contribution >= 0.6 is 11.6 Å². The Hall–Kier alpha value is -1.17. The zero-order chi connectivity index (χ0) is 13.4. The predicted molar refractivity (Wildman–Crippen MR) is 65.0 cm³/mol. The van der Waals surface area contributed by atoms with Crippen LogP contribution in [0.1, 0.15) is 10.4 Å². The zero-order valence-corrected chi connectivity index (χ0v) is 10.7. The molecule has 0 radical (unpaired) electrons. The van der Waals surface area contributed by atoms with Crippen molar-refractivity contribution >= 4 is 17.9 Å². The van der Waals surface area contributed by atoms with Crippen molar-refractivity contribution < 1.29 is 23.4 Å². The van der Waals surface area contributed by atoms with Crippen LogP contribution in [0.15, 0.2) is 12.1 Å². The fourth-order valence-corrected chi connectivity index (χ4v) is 1.40. The van der Waals surface area contributed by atoms with Gasteiger partial charge in [0.15, 0.2) is 17.9 Å². The van der Waals surface area contributed by atoms with E-state index < -0.39 is 5.82 Å². The Kier molecular flexibility index (Phi) is 6.64. The lowest BCUT2D eigenvalue weighted by molar-refractivity contribution is 0.0538. The van der Waals surface area contributed by atoms with Crippen molar-refractivity contribution in [3.63, 3.8) is 0 Å². The van der Waals surface area contributed by atoms with Crippen LogP contribution in [0.2, 0.25) is 5.02 Å². The van der Waals surface area contributed by atoms with Crippen LogP contribution in [0.25, 0.3) is 0 Å². The Morgan fingerprint density at radius 1 is 1.28 bits per heavy atom. The number of benzene rings is 1. The molecule has 0 amide bonds. The normalized spacial score (nSPS) is 10.4. The SMILES string of the molecule is COCCOCCOc1cc(Cl)c(C=O)cc1F. The van der Waals surface area contributed by atoms with E-state index in [1.54, 1.807) is 7.11 Å². The second-order valence-corrected chi connectivity index (χ2v) is 3.78. The topological polar surface area (TPSA) is 44.8 Å². The number of halogens is 2. The van der Waals surface area contributed by atoms with Gasteiger partial charge in [0.2, 0.25) is 0 Å². The van der Waals surface area contributed by atoms with E-state index in [0.29, 0.717) is 26.1 Å². The van der Waals surface area contributed by atoms with E-state index in [9.17, 15) is 9.18 Å². The molecule has 0 heterocycles. The maximum Gasteiger partial charge on any atom is 0.165 e. The van der Waals surface area contributed by atoms with Gasteiger partial charge in [-0.25, -0.2) is 4.39 Å². The molecule has 0 saturated heterocycles. The van der Waals surface area contributed by atoms with Gasteiger partial charge >= 0.3 is 0 Å². The van der Waals surface area contributed by atoms with Crippen LogP contribution in [-0.2, 0) is 9.47 Å². The predicted octanol–water partition coefficient (Wildman–Crippen LogP) is 2.33. The molecule has 1 aromatic rings. The highest BCUT2D eigenvalue weighted by molar-refractivity contribution is 6.33. The van der Waals surface area contributed by atoms with E-state index in [-0.39, 0.29) is 22.9 Å². The first-order valence-electron chi connectivity index (χ1n) is 5.32. The summed E-state index contributed by atoms with van der Waals surface area (Å²) in [6, 6.07) is 2.31. The molecule has 100 valence electrons. The van der Waals surface area contributed by atoms with Crippen LogP contribution in [0.3, 0.4) is 0 Å². The third-order valence-corrected chi connectivity index (χ3v) is 2.42. The molecule has 0 spiro atoms. The molecule has 1 aromatic carbocycles. The molecule has 0 N–H and O–H groups in total. The Bertz CT molecular complexity index is 398. The molecule has 0 aliphatic rings. The lowest BCUT2D eigenvalue weighted by atomic mass is 10.2. The largest absolute Gasteiger partial charge is 0.488 e. The van der Waals surface area contributed by atoms with E-state index in [1.807, 2.05) is 0 Å². The summed E-state index contributed by atoms with van der Waals surface area (Å²) in [6.45, 7) is 1.45. The highest BCUT2D eigenvalue weighted by atomic mass is 35.5. The Morgan fingerprint density at radius 3 is 2.67 bits per heavy atom. The number of rotatable bonds is 8. The van der Waals surface area contributed by atoms with Crippen molar-refractivity contribution in [2.45, 2.75) is 0 Å². The maximum absolute atomic E-state index is 13.4. The first kappa shape index (κ1) is 14.9. The molecule has 0 unspecified atom stereocenters. The molecule has 0 aliphatic heterocycles. The molecular weight excluding hydrogens is 263 g/mol. The molecule has 4 nitrogen and oxygen atoms in total. The van der Waals surface area contributed by atoms with Gasteiger partial charge in [-0.3, -0.25) is 4.79 Å². The summed E-state index contributed by atoms with van der Waals surface area (Å²) in [4.78, 5) is 10.5. The standard InChI is InChI=1S/C12H14ClFO4/c1-16-2-3-17-4-5-18-12-7-10(13)9(8-15)6-11(12)14/h6-8H,2-5H2,1H3. The monoisotopic (exact) mass is 276 g/mol. The average Bonchev–Trinajstić information content (AvgIpc) is 2.37. The van der Waals surface area contributed by atoms with Crippen molar-refractivity contribution in [1.29, 1.82) is 0 Å². The van der Waals surface area contributed by atoms with Gasteiger partial charge in [0.25, 0.3) is 0 Å². The molecule has 0 atom stereocenters. The van der Waals surface area contributed by atoms with E-state index >= 15 is 0 Å². The number of hydrogen-bond acceptors (Lipinski definition) is 4. The lowest BCUT2D eigenvalue weighted by Crippen LogP contribution is -2.10. The summed E-state index contributed by atoms with van der Waals surface area (Å²) in [6.07, 6.45) is 0.489. The summed E-state index contributed by atoms with van der Waals surface area (Å²) in [7, 11) is 1.58. The summed E-state index contributed by atoms with van der Waals surface area (Å²) < 4.78 is 28.5. The first-order valence-corrected chi connectivity index (χ1v) is 5.70. The molecule has 0 aromatic heterocycles. The molecular formula is C12H14ClFO4. The maximum atomic E-state index is 13.4. The summed E-state index contributed by atoms with van der Waals surface area (Å²) in [5.74, 6) is -0.626. The van der Waals surface area contributed by atoms with Gasteiger partial charge in [-0.05, 0) is 6.07 Å². The van der Waals surface area contributed by atoms with Crippen molar-refractivity contribution in [2.75, 3.05) is 33.5 Å². The van der Waals surface area contributed by atoms with E-state index in [4.69, 9.17) is 25.8 Å².